The third-order valence-electron chi connectivity index (χ3n) is 2.74. The number of carbonyl (C=O) groups excluding carboxylic acids is 1. The Labute approximate surface area is 113 Å². The summed E-state index contributed by atoms with van der Waals surface area (Å²) >= 11 is 0. The molecule has 20 heavy (non-hydrogen) atoms. The Hall–Kier alpha value is -2.02. The van der Waals surface area contributed by atoms with Crippen LogP contribution in [0.4, 0.5) is 13.2 Å². The lowest BCUT2D eigenvalue weighted by atomic mass is 10.0. The highest BCUT2D eigenvalue weighted by atomic mass is 19.4. The summed E-state index contributed by atoms with van der Waals surface area (Å²) in [6.45, 7) is 1.88. The van der Waals surface area contributed by atoms with Crippen LogP contribution in [-0.2, 0) is 20.4 Å². The number of nitrogens with two attached hydrogens (primary N) is 1. The molecule has 2 N–H and O–H groups in total. The molecule has 0 radical (unpaired) electrons. The van der Waals surface area contributed by atoms with Crippen LogP contribution in [0.1, 0.15) is 18.1 Å². The van der Waals surface area contributed by atoms with Gasteiger partial charge in [0.1, 0.15) is 0 Å². The number of alkyl halides is 3. The zero-order valence-electron chi connectivity index (χ0n) is 10.5. The van der Waals surface area contributed by atoms with Gasteiger partial charge in [0.05, 0.1) is 11.1 Å². The Balaban J connectivity index is 2.37. The molecular formula is C13H12F3NO3. The molecule has 0 fully saturated rings. The van der Waals surface area contributed by atoms with Crippen LogP contribution >= 0.6 is 0 Å². The second-order valence-corrected chi connectivity index (χ2v) is 4.09. The van der Waals surface area contributed by atoms with Crippen molar-refractivity contribution < 1.29 is 27.4 Å². The van der Waals surface area contributed by atoms with Gasteiger partial charge in [0.25, 0.3) is 6.29 Å². The van der Waals surface area contributed by atoms with Gasteiger partial charge in [-0.25, -0.2) is 0 Å². The third kappa shape index (κ3) is 2.62. The Kier molecular flexibility index (Phi) is 3.71. The van der Waals surface area contributed by atoms with Gasteiger partial charge in [-0.1, -0.05) is 12.1 Å². The van der Waals surface area contributed by atoms with E-state index in [0.717, 1.165) is 12.1 Å². The number of hydrogen-bond donors (Lipinski definition) is 1. The second kappa shape index (κ2) is 5.16. The van der Waals surface area contributed by atoms with Crippen LogP contribution in [0.5, 0.6) is 0 Å². The summed E-state index contributed by atoms with van der Waals surface area (Å²) in [4.78, 5) is 12.0. The van der Waals surface area contributed by atoms with E-state index < -0.39 is 23.8 Å². The first-order valence-corrected chi connectivity index (χ1v) is 5.84. The summed E-state index contributed by atoms with van der Waals surface area (Å²) in [6, 6.07) is 4.35. The molecule has 1 unspecified atom stereocenters. The molecule has 0 amide bonds. The van der Waals surface area contributed by atoms with E-state index in [2.05, 4.69) is 0 Å². The van der Waals surface area contributed by atoms with E-state index in [4.69, 9.17) is 15.2 Å². The van der Waals surface area contributed by atoms with E-state index in [9.17, 15) is 18.0 Å². The number of ether oxygens (including phenoxy) is 2. The third-order valence-corrected chi connectivity index (χ3v) is 2.74. The maximum atomic E-state index is 12.7. The molecule has 0 saturated carbocycles. The van der Waals surface area contributed by atoms with Gasteiger partial charge in [-0.15, -0.1) is 0 Å². The van der Waals surface area contributed by atoms with E-state index in [1.807, 2.05) is 0 Å². The van der Waals surface area contributed by atoms with Crippen LogP contribution in [0, 0.1) is 0 Å². The highest BCUT2D eigenvalue weighted by Gasteiger charge is 2.37. The molecule has 0 aromatic heterocycles. The Morgan fingerprint density at radius 3 is 2.70 bits per heavy atom. The topological polar surface area (TPSA) is 61.6 Å². The summed E-state index contributed by atoms with van der Waals surface area (Å²) < 4.78 is 48.0. The molecule has 1 atom stereocenters. The largest absolute Gasteiger partial charge is 0.442 e. The molecule has 7 heteroatoms. The molecule has 1 aliphatic heterocycles. The number of carbonyl (C=O) groups is 1. The zero-order chi connectivity index (χ0) is 14.9. The van der Waals surface area contributed by atoms with Crippen LogP contribution in [0.3, 0.4) is 0 Å². The van der Waals surface area contributed by atoms with E-state index in [1.165, 1.54) is 12.1 Å². The molecule has 4 nitrogen and oxygen atoms in total. The van der Waals surface area contributed by atoms with Gasteiger partial charge >= 0.3 is 6.18 Å². The minimum absolute atomic E-state index is 0.0597. The molecule has 0 bridgehead atoms. The molecule has 1 aliphatic rings. The quantitative estimate of drug-likeness (QED) is 0.926. The van der Waals surface area contributed by atoms with Crippen LogP contribution in [0.15, 0.2) is 30.1 Å². The van der Waals surface area contributed by atoms with E-state index >= 15 is 0 Å². The number of halogens is 3. The Morgan fingerprint density at radius 1 is 1.40 bits per heavy atom. The lowest BCUT2D eigenvalue weighted by Gasteiger charge is -2.09. The van der Waals surface area contributed by atoms with Gasteiger partial charge in [0.15, 0.2) is 5.88 Å². The monoisotopic (exact) mass is 287 g/mol. The van der Waals surface area contributed by atoms with Crippen LogP contribution in [0.25, 0.3) is 5.57 Å². The Morgan fingerprint density at radius 2 is 2.10 bits per heavy atom. The average Bonchev–Trinajstić information content (AvgIpc) is 2.64. The highest BCUT2D eigenvalue weighted by Crippen LogP contribution is 2.33. The number of rotatable bonds is 3. The molecule has 0 spiro atoms. The molecule has 1 aromatic carbocycles. The van der Waals surface area contributed by atoms with Gasteiger partial charge in [-0.2, -0.15) is 13.2 Å². The fraction of sp³-hybridized carbons (Fsp3) is 0.308. The number of benzene rings is 1. The minimum atomic E-state index is -4.49. The minimum Gasteiger partial charge on any atom is -0.442 e. The first-order chi connectivity index (χ1) is 9.34. The van der Waals surface area contributed by atoms with Crippen molar-refractivity contribution in [2.45, 2.75) is 19.4 Å². The standard InChI is InChI=1S/C13H12F3NO3/c1-2-19-12-10(18)9(11(17)20-12)7-4-3-5-8(6-7)13(14,15)16/h3-6,12H,2,17H2,1H3. The van der Waals surface area contributed by atoms with Crippen molar-refractivity contribution in [3.05, 3.63) is 41.3 Å². The molecular weight excluding hydrogens is 275 g/mol. The molecule has 108 valence electrons. The van der Waals surface area contributed by atoms with Crippen LogP contribution < -0.4 is 5.73 Å². The van der Waals surface area contributed by atoms with Gasteiger partial charge in [0.2, 0.25) is 5.78 Å². The fourth-order valence-electron chi connectivity index (χ4n) is 1.86. The van der Waals surface area contributed by atoms with Crippen molar-refractivity contribution in [2.24, 2.45) is 5.73 Å². The number of ketones is 1. The van der Waals surface area contributed by atoms with Crippen molar-refractivity contribution in [3.63, 3.8) is 0 Å². The maximum Gasteiger partial charge on any atom is 0.416 e. The molecule has 2 rings (SSSR count). The predicted octanol–water partition coefficient (Wildman–Crippen LogP) is 2.29. The SMILES string of the molecule is CCOC1OC(N)=C(c2cccc(C(F)(F)F)c2)C1=O. The smallest absolute Gasteiger partial charge is 0.416 e. The lowest BCUT2D eigenvalue weighted by Crippen LogP contribution is -2.22. The number of Topliss-reactive ketones (excluding diaryl/α,β-unsaturated/α-hetero) is 1. The lowest BCUT2D eigenvalue weighted by molar-refractivity contribution is -0.147. The first kappa shape index (κ1) is 14.4. The molecule has 0 aliphatic carbocycles. The van der Waals surface area contributed by atoms with Crippen molar-refractivity contribution in [2.75, 3.05) is 6.61 Å². The van der Waals surface area contributed by atoms with Crippen molar-refractivity contribution in [1.82, 2.24) is 0 Å². The van der Waals surface area contributed by atoms with Crippen molar-refractivity contribution in [3.8, 4) is 0 Å². The fourth-order valence-corrected chi connectivity index (χ4v) is 1.86. The van der Waals surface area contributed by atoms with Gasteiger partial charge in [0, 0.05) is 6.61 Å². The summed E-state index contributed by atoms with van der Waals surface area (Å²) in [5.41, 5.74) is 4.67. The van der Waals surface area contributed by atoms with Crippen molar-refractivity contribution >= 4 is 11.4 Å². The summed E-state index contributed by atoms with van der Waals surface area (Å²) in [5, 5.41) is 0. The molecule has 0 saturated heterocycles. The maximum absolute atomic E-state index is 12.7. The van der Waals surface area contributed by atoms with E-state index in [-0.39, 0.29) is 23.6 Å². The number of hydrogen-bond acceptors (Lipinski definition) is 4. The summed E-state index contributed by atoms with van der Waals surface area (Å²) in [7, 11) is 0. The summed E-state index contributed by atoms with van der Waals surface area (Å²) in [6.07, 6.45) is -5.68. The summed E-state index contributed by atoms with van der Waals surface area (Å²) in [5.74, 6) is -0.809. The normalized spacial score (nSPS) is 19.4. The van der Waals surface area contributed by atoms with Crippen molar-refractivity contribution in [1.29, 1.82) is 0 Å². The van der Waals surface area contributed by atoms with Gasteiger partial charge < -0.3 is 15.2 Å². The van der Waals surface area contributed by atoms with Crippen LogP contribution in [0.2, 0.25) is 0 Å². The Bertz CT molecular complexity index is 566. The van der Waals surface area contributed by atoms with E-state index in [0.29, 0.717) is 0 Å². The molecule has 1 heterocycles. The zero-order valence-corrected chi connectivity index (χ0v) is 10.5. The second-order valence-electron chi connectivity index (χ2n) is 4.09. The van der Waals surface area contributed by atoms with E-state index in [1.54, 1.807) is 6.92 Å². The van der Waals surface area contributed by atoms with Crippen LogP contribution in [-0.4, -0.2) is 18.7 Å². The first-order valence-electron chi connectivity index (χ1n) is 5.84. The highest BCUT2D eigenvalue weighted by molar-refractivity contribution is 6.24. The van der Waals surface area contributed by atoms with Gasteiger partial charge in [-0.3, -0.25) is 4.79 Å². The van der Waals surface area contributed by atoms with Gasteiger partial charge in [-0.05, 0) is 24.6 Å². The average molecular weight is 287 g/mol. The predicted molar refractivity (Wildman–Crippen MR) is 64.1 cm³/mol. The molecule has 1 aromatic rings.